The highest BCUT2D eigenvalue weighted by Crippen LogP contribution is 2.28. The lowest BCUT2D eigenvalue weighted by molar-refractivity contribution is -0.127. The summed E-state index contributed by atoms with van der Waals surface area (Å²) in [5.41, 5.74) is 3.80. The minimum Gasteiger partial charge on any atom is -0.356 e. The number of rotatable bonds is 12. The maximum atomic E-state index is 12.5. The molecular weight excluding hydrogens is 492 g/mol. The van der Waals surface area contributed by atoms with E-state index in [1.165, 1.54) is 50.3 Å². The van der Waals surface area contributed by atoms with Gasteiger partial charge < -0.3 is 5.32 Å². The van der Waals surface area contributed by atoms with E-state index in [2.05, 4.69) is 35.2 Å². The van der Waals surface area contributed by atoms with Gasteiger partial charge >= 0.3 is 0 Å². The molecule has 0 aromatic carbocycles. The van der Waals surface area contributed by atoms with Crippen molar-refractivity contribution in [3.05, 3.63) is 0 Å². The zero-order chi connectivity index (χ0) is 26.6. The van der Waals surface area contributed by atoms with Gasteiger partial charge in [0.05, 0.1) is 12.1 Å². The van der Waals surface area contributed by atoms with Crippen LogP contribution in [-0.4, -0.2) is 51.0 Å². The summed E-state index contributed by atoms with van der Waals surface area (Å²) in [5.74, 6) is 2.07. The van der Waals surface area contributed by atoms with E-state index < -0.39 is 11.1 Å². The molecule has 36 heavy (non-hydrogen) atoms. The van der Waals surface area contributed by atoms with E-state index in [0.717, 1.165) is 18.1 Å². The number of hydrogen-bond acceptors (Lipinski definition) is 8. The maximum absolute atomic E-state index is 12.5. The van der Waals surface area contributed by atoms with Gasteiger partial charge in [0.25, 0.3) is 0 Å². The van der Waals surface area contributed by atoms with Gasteiger partial charge in [-0.25, -0.2) is 10.9 Å². The largest absolute Gasteiger partial charge is 0.356 e. The molecule has 2 aliphatic rings. The third kappa shape index (κ3) is 10.3. The van der Waals surface area contributed by atoms with Gasteiger partial charge in [-0.2, -0.15) is 10.5 Å². The molecule has 0 bridgehead atoms. The summed E-state index contributed by atoms with van der Waals surface area (Å²) >= 11 is 6.68. The first-order chi connectivity index (χ1) is 17.1. The van der Waals surface area contributed by atoms with Crippen molar-refractivity contribution in [2.45, 2.75) is 102 Å². The molecule has 1 aliphatic carbocycles. The number of thiocarbonyl (C=S) groups is 1. The Morgan fingerprint density at radius 2 is 1.72 bits per heavy atom. The minimum absolute atomic E-state index is 0.0646. The van der Waals surface area contributed by atoms with Crippen LogP contribution >= 0.6 is 24.0 Å². The Bertz CT molecular complexity index is 856. The van der Waals surface area contributed by atoms with Crippen molar-refractivity contribution in [1.29, 1.82) is 10.5 Å². The van der Waals surface area contributed by atoms with Crippen molar-refractivity contribution in [1.82, 2.24) is 21.1 Å². The van der Waals surface area contributed by atoms with E-state index in [-0.39, 0.29) is 31.1 Å². The van der Waals surface area contributed by atoms with Gasteiger partial charge in [-0.1, -0.05) is 63.0 Å². The van der Waals surface area contributed by atoms with Crippen molar-refractivity contribution >= 4 is 40.1 Å². The number of amides is 2. The highest BCUT2D eigenvalue weighted by molar-refractivity contribution is 8.23. The smallest absolute Gasteiger partial charge is 0.228 e. The lowest BCUT2D eigenvalue weighted by Crippen LogP contribution is -2.58. The molecule has 200 valence electrons. The summed E-state index contributed by atoms with van der Waals surface area (Å²) in [6.45, 7) is 6.99. The predicted octanol–water partition coefficient (Wildman–Crippen LogP) is 4.18. The van der Waals surface area contributed by atoms with E-state index in [0.29, 0.717) is 29.7 Å². The number of thioether (sulfide) groups is 1. The lowest BCUT2D eigenvalue weighted by Gasteiger charge is -2.30. The first kappa shape index (κ1) is 30.5. The van der Waals surface area contributed by atoms with Crippen LogP contribution in [0, 0.1) is 34.5 Å². The second kappa shape index (κ2) is 14.9. The van der Waals surface area contributed by atoms with E-state index in [4.69, 9.17) is 12.2 Å². The van der Waals surface area contributed by atoms with E-state index in [9.17, 15) is 20.1 Å². The molecule has 0 spiro atoms. The average molecular weight is 535 g/mol. The van der Waals surface area contributed by atoms with Crippen molar-refractivity contribution in [2.75, 3.05) is 18.8 Å². The van der Waals surface area contributed by atoms with Crippen LogP contribution in [0.3, 0.4) is 0 Å². The quantitative estimate of drug-likeness (QED) is 0.252. The summed E-state index contributed by atoms with van der Waals surface area (Å²) in [6, 6.07) is 4.41. The SMILES string of the molecule is CC1CCCCCC(CCNC(=O)CCC(C)(C#N)NNC(C)(C#N)CCC(=O)N2CCSC2=S)C1. The monoisotopic (exact) mass is 534 g/mol. The molecule has 2 amide bonds. The van der Waals surface area contributed by atoms with Crippen LogP contribution in [-0.2, 0) is 9.59 Å². The number of nitrogens with one attached hydrogen (secondary N) is 3. The summed E-state index contributed by atoms with van der Waals surface area (Å²) < 4.78 is 0.583. The topological polar surface area (TPSA) is 121 Å². The van der Waals surface area contributed by atoms with Crippen LogP contribution in [0.5, 0.6) is 0 Å². The molecule has 10 heteroatoms. The fraction of sp³-hybridized carbons (Fsp3) is 0.808. The Labute approximate surface area is 226 Å². The molecule has 0 radical (unpaired) electrons. The summed E-state index contributed by atoms with van der Waals surface area (Å²) in [5, 5.41) is 22.5. The molecular formula is C26H42N6O2S2. The molecule has 3 N–H and O–H groups in total. The second-order valence-corrected chi connectivity index (χ2v) is 12.5. The van der Waals surface area contributed by atoms with Crippen molar-refractivity contribution in [2.24, 2.45) is 11.8 Å². The van der Waals surface area contributed by atoms with E-state index in [1.54, 1.807) is 18.7 Å². The zero-order valence-corrected chi connectivity index (χ0v) is 23.7. The third-order valence-electron chi connectivity index (χ3n) is 7.28. The number of carbonyl (C=O) groups excluding carboxylic acids is 2. The Balaban J connectivity index is 1.74. The van der Waals surface area contributed by atoms with Crippen LogP contribution in [0.25, 0.3) is 0 Å². The Hall–Kier alpha value is -1.72. The number of nitriles is 2. The van der Waals surface area contributed by atoms with Crippen LogP contribution in [0.2, 0.25) is 0 Å². The molecule has 4 unspecified atom stereocenters. The second-order valence-electron chi connectivity index (χ2n) is 10.8. The summed E-state index contributed by atoms with van der Waals surface area (Å²) in [4.78, 5) is 26.5. The standard InChI is InChI=1S/C26H42N6O2S2/c1-20-7-5-4-6-8-21(17-20)11-14-29-22(33)9-12-25(2,18-27)30-31-26(3,19-28)13-10-23(34)32-15-16-36-24(32)35/h20-21,30-31H,4-17H2,1-3H3,(H,29,33). The minimum atomic E-state index is -1.06. The normalized spacial score (nSPS) is 23.9. The molecule has 4 atom stereocenters. The van der Waals surface area contributed by atoms with Gasteiger partial charge in [0.2, 0.25) is 11.8 Å². The molecule has 1 saturated heterocycles. The Morgan fingerprint density at radius 3 is 2.33 bits per heavy atom. The highest BCUT2D eigenvalue weighted by Gasteiger charge is 2.32. The maximum Gasteiger partial charge on any atom is 0.228 e. The highest BCUT2D eigenvalue weighted by atomic mass is 32.2. The molecule has 2 rings (SSSR count). The molecule has 0 aromatic rings. The molecule has 1 aliphatic heterocycles. The molecule has 1 saturated carbocycles. The summed E-state index contributed by atoms with van der Waals surface area (Å²) in [6.07, 6.45) is 9.68. The van der Waals surface area contributed by atoms with Gasteiger partial charge in [0.1, 0.15) is 15.4 Å². The van der Waals surface area contributed by atoms with E-state index >= 15 is 0 Å². The van der Waals surface area contributed by atoms with Crippen molar-refractivity contribution < 1.29 is 9.59 Å². The zero-order valence-electron chi connectivity index (χ0n) is 22.0. The number of nitrogens with zero attached hydrogens (tertiary/aromatic N) is 3. The van der Waals surface area contributed by atoms with Crippen LogP contribution in [0.4, 0.5) is 0 Å². The number of carbonyl (C=O) groups is 2. The average Bonchev–Trinajstić information content (AvgIpc) is 3.29. The lowest BCUT2D eigenvalue weighted by atomic mass is 9.83. The Morgan fingerprint density at radius 1 is 1.08 bits per heavy atom. The van der Waals surface area contributed by atoms with E-state index in [1.807, 2.05) is 0 Å². The predicted molar refractivity (Wildman–Crippen MR) is 148 cm³/mol. The third-order valence-corrected chi connectivity index (χ3v) is 8.71. The fourth-order valence-corrected chi connectivity index (χ4v) is 5.96. The first-order valence-electron chi connectivity index (χ1n) is 13.2. The molecule has 0 aromatic heterocycles. The number of hydrogen-bond donors (Lipinski definition) is 3. The van der Waals surface area contributed by atoms with Crippen LogP contribution in [0.15, 0.2) is 0 Å². The molecule has 2 fully saturated rings. The molecule has 8 nitrogen and oxygen atoms in total. The van der Waals surface area contributed by atoms with Crippen LogP contribution in [0.1, 0.15) is 91.4 Å². The van der Waals surface area contributed by atoms with Gasteiger partial charge in [-0.15, -0.1) is 0 Å². The summed E-state index contributed by atoms with van der Waals surface area (Å²) in [7, 11) is 0. The molecule has 1 heterocycles. The van der Waals surface area contributed by atoms with Crippen molar-refractivity contribution in [3.8, 4) is 12.1 Å². The fourth-order valence-electron chi connectivity index (χ4n) is 4.72. The van der Waals surface area contributed by atoms with Crippen molar-refractivity contribution in [3.63, 3.8) is 0 Å². The van der Waals surface area contributed by atoms with Crippen LogP contribution < -0.4 is 16.2 Å². The van der Waals surface area contributed by atoms with Gasteiger partial charge in [-0.3, -0.25) is 14.5 Å². The van der Waals surface area contributed by atoms with Gasteiger partial charge in [0.15, 0.2) is 0 Å². The van der Waals surface area contributed by atoms with Gasteiger partial charge in [0, 0.05) is 31.7 Å². The van der Waals surface area contributed by atoms with Gasteiger partial charge in [-0.05, 0) is 51.4 Å². The first-order valence-corrected chi connectivity index (χ1v) is 14.6. The Kier molecular flexibility index (Phi) is 12.6. The number of hydrazine groups is 1.